The van der Waals surface area contributed by atoms with Crippen LogP contribution in [-0.2, 0) is 14.7 Å². The molecule has 0 heterocycles. The molecule has 0 fully saturated rings. The van der Waals surface area contributed by atoms with E-state index in [-0.39, 0.29) is 11.5 Å². The Balaban J connectivity index is 4.84. The van der Waals surface area contributed by atoms with Crippen molar-refractivity contribution in [1.29, 1.82) is 0 Å². The summed E-state index contributed by atoms with van der Waals surface area (Å²) in [6.07, 6.45) is 0. The fraction of sp³-hybridized carbons (Fsp3) is 0.857. The van der Waals surface area contributed by atoms with Gasteiger partial charge in [-0.1, -0.05) is 4.74 Å². The zero-order chi connectivity index (χ0) is 12.3. The van der Waals surface area contributed by atoms with Crippen LogP contribution in [0.15, 0.2) is 0 Å². The van der Waals surface area contributed by atoms with E-state index in [0.717, 1.165) is 4.74 Å². The normalized spacial score (nSPS) is 14.3. The molecule has 0 saturated heterocycles. The average molecular weight is 239 g/mol. The molecule has 0 aromatic rings. The summed E-state index contributed by atoms with van der Waals surface area (Å²) in [5.41, 5.74) is -0.289. The van der Waals surface area contributed by atoms with Crippen molar-refractivity contribution in [1.82, 2.24) is 10.6 Å². The average Bonchev–Trinajstić information content (AvgIpc) is 1.94. The summed E-state index contributed by atoms with van der Waals surface area (Å²) in [4.78, 5) is 0. The van der Waals surface area contributed by atoms with Gasteiger partial charge in [0.15, 0.2) is 0 Å². The van der Waals surface area contributed by atoms with Gasteiger partial charge in [0.2, 0.25) is 0 Å². The number of nitrogens with one attached hydrogen (secondary N) is 2. The summed E-state index contributed by atoms with van der Waals surface area (Å²) < 4.78 is 36.0. The molecule has 0 aliphatic carbocycles. The van der Waals surface area contributed by atoms with Crippen molar-refractivity contribution in [3.05, 3.63) is 0 Å². The molecule has 0 amide bonds. The highest BCUT2D eigenvalue weighted by molar-refractivity contribution is 7.80. The summed E-state index contributed by atoms with van der Waals surface area (Å²) in [6.45, 7) is 5.64. The summed E-state index contributed by atoms with van der Waals surface area (Å²) in [6, 6.07) is 0. The molecule has 0 rings (SSSR count). The van der Waals surface area contributed by atoms with Crippen molar-refractivity contribution in [2.45, 2.75) is 26.3 Å². The third-order valence-corrected chi connectivity index (χ3v) is 1.65. The van der Waals surface area contributed by atoms with Gasteiger partial charge < -0.3 is 4.55 Å². The van der Waals surface area contributed by atoms with Crippen LogP contribution in [0.4, 0.5) is 0 Å². The van der Waals surface area contributed by atoms with Gasteiger partial charge in [-0.15, -0.1) is 0 Å². The molecule has 0 atom stereocenters. The minimum atomic E-state index is -4.76. The van der Waals surface area contributed by atoms with Crippen LogP contribution in [0.3, 0.4) is 0 Å². The first kappa shape index (κ1) is 14.0. The second kappa shape index (κ2) is 4.67. The van der Waals surface area contributed by atoms with E-state index in [2.05, 4.69) is 14.9 Å². The summed E-state index contributed by atoms with van der Waals surface area (Å²) in [7, 11) is -1.88. The van der Waals surface area contributed by atoms with Crippen LogP contribution < -0.4 is 10.6 Å². The fourth-order valence-electron chi connectivity index (χ4n) is 0.828. The van der Waals surface area contributed by atoms with Crippen LogP contribution in [0, 0.1) is 0 Å². The maximum atomic E-state index is 10.3. The maximum absolute atomic E-state index is 10.3. The minimum Gasteiger partial charge on any atom is -0.713 e. The molecule has 0 radical (unpaired) electrons. The topological polar surface area (TPSA) is 93.5 Å². The largest absolute Gasteiger partial charge is 0.713 e. The molecule has 90 valence electrons. The highest BCUT2D eigenvalue weighted by Gasteiger charge is 2.20. The van der Waals surface area contributed by atoms with Crippen molar-refractivity contribution in [3.63, 3.8) is 0 Å². The van der Waals surface area contributed by atoms with Crippen LogP contribution in [0.2, 0.25) is 0 Å². The zero-order valence-electron chi connectivity index (χ0n) is 9.49. The third kappa shape index (κ3) is 6.97. The molecular formula is C7H17N3O4S. The second-order valence-electron chi connectivity index (χ2n) is 3.95. The molecule has 0 spiro atoms. The smallest absolute Gasteiger partial charge is 0.383 e. The third-order valence-electron chi connectivity index (χ3n) is 1.25. The molecule has 2 N–H and O–H groups in total. The minimum absolute atomic E-state index is 0.280. The molecule has 0 aliphatic heterocycles. The number of guanidine groups is 1. The highest BCUT2D eigenvalue weighted by Crippen LogP contribution is 1.97. The van der Waals surface area contributed by atoms with Crippen LogP contribution >= 0.6 is 0 Å². The monoisotopic (exact) mass is 239 g/mol. The zero-order valence-corrected chi connectivity index (χ0v) is 10.3. The lowest BCUT2D eigenvalue weighted by Crippen LogP contribution is -2.50. The molecule has 7 nitrogen and oxygen atoms in total. The van der Waals surface area contributed by atoms with Crippen LogP contribution in [0.1, 0.15) is 20.8 Å². The van der Waals surface area contributed by atoms with Crippen LogP contribution in [0.5, 0.6) is 0 Å². The van der Waals surface area contributed by atoms with E-state index in [9.17, 15) is 13.0 Å². The number of nitrogens with zero attached hydrogens (tertiary/aromatic N) is 1. The Bertz CT molecular complexity index is 342. The van der Waals surface area contributed by atoms with E-state index in [1.807, 2.05) is 20.8 Å². The molecule has 8 heteroatoms. The van der Waals surface area contributed by atoms with Crippen LogP contribution in [-0.4, -0.2) is 43.3 Å². The number of rotatable bonds is 2. The van der Waals surface area contributed by atoms with Gasteiger partial charge in [0.05, 0.1) is 19.6 Å². The number of hydrogen-bond acceptors (Lipinski definition) is 4. The summed E-state index contributed by atoms with van der Waals surface area (Å²) in [5.74, 6) is 0.280. The molecule has 0 saturated carbocycles. The lowest BCUT2D eigenvalue weighted by Gasteiger charge is -2.19. The van der Waals surface area contributed by atoms with Gasteiger partial charge in [-0.3, -0.25) is 10.6 Å². The van der Waals surface area contributed by atoms with Gasteiger partial charge in [-0.2, -0.15) is 8.42 Å². The molecule has 0 aromatic carbocycles. The van der Waals surface area contributed by atoms with Crippen molar-refractivity contribution in [3.8, 4) is 0 Å². The SMILES string of the molecule is CN/C(NC(C)(C)C)=[N+](/C)OS(=O)(=O)[O-]. The number of hydroxylamine groups is 1. The Labute approximate surface area is 90.0 Å². The molecule has 15 heavy (non-hydrogen) atoms. The van der Waals surface area contributed by atoms with E-state index >= 15 is 0 Å². The quantitative estimate of drug-likeness (QED) is 0.160. The van der Waals surface area contributed by atoms with Gasteiger partial charge in [-0.05, 0) is 20.8 Å². The Morgan fingerprint density at radius 3 is 2.13 bits per heavy atom. The standard InChI is InChI=1S/C7H17N3O4S/c1-7(2,3)9-6(8-4)10(5)14-15(11,12)13/h1-5H3,(H2,8,9,11,12,13). The molecule has 0 unspecified atom stereocenters. The van der Waals surface area contributed by atoms with Crippen molar-refractivity contribution >= 4 is 16.4 Å². The Morgan fingerprint density at radius 1 is 1.40 bits per heavy atom. The predicted molar refractivity (Wildman–Crippen MR) is 53.9 cm³/mol. The van der Waals surface area contributed by atoms with E-state index < -0.39 is 10.4 Å². The first-order valence-corrected chi connectivity index (χ1v) is 5.60. The van der Waals surface area contributed by atoms with Gasteiger partial charge in [0.1, 0.15) is 0 Å². The van der Waals surface area contributed by atoms with Crippen molar-refractivity contribution < 1.29 is 22.0 Å². The van der Waals surface area contributed by atoms with E-state index in [1.54, 1.807) is 7.05 Å². The Hall–Kier alpha value is -1.02. The molecule has 0 aromatic heterocycles. The van der Waals surface area contributed by atoms with Crippen molar-refractivity contribution in [2.75, 3.05) is 14.1 Å². The lowest BCUT2D eigenvalue weighted by molar-refractivity contribution is -0.728. The van der Waals surface area contributed by atoms with Gasteiger partial charge >= 0.3 is 5.96 Å². The predicted octanol–water partition coefficient (Wildman–Crippen LogP) is -1.02. The Morgan fingerprint density at radius 2 is 1.87 bits per heavy atom. The highest BCUT2D eigenvalue weighted by atomic mass is 32.3. The first-order chi connectivity index (χ1) is 6.55. The van der Waals surface area contributed by atoms with E-state index in [0.29, 0.717) is 0 Å². The molecule has 0 bridgehead atoms. The number of hydrogen-bond donors (Lipinski definition) is 2. The summed E-state index contributed by atoms with van der Waals surface area (Å²) in [5, 5.41) is 5.62. The van der Waals surface area contributed by atoms with Gasteiger partial charge in [-0.25, -0.2) is 4.28 Å². The van der Waals surface area contributed by atoms with E-state index in [4.69, 9.17) is 0 Å². The Kier molecular flexibility index (Phi) is 4.35. The van der Waals surface area contributed by atoms with Crippen molar-refractivity contribution in [2.24, 2.45) is 0 Å². The second-order valence-corrected chi connectivity index (χ2v) is 4.92. The molecular weight excluding hydrogens is 222 g/mol. The fourth-order valence-corrected chi connectivity index (χ4v) is 1.18. The van der Waals surface area contributed by atoms with E-state index in [1.165, 1.54) is 7.05 Å². The summed E-state index contributed by atoms with van der Waals surface area (Å²) >= 11 is 0. The molecule has 0 aliphatic rings. The van der Waals surface area contributed by atoms with Crippen LogP contribution in [0.25, 0.3) is 0 Å². The maximum Gasteiger partial charge on any atom is 0.383 e. The van der Waals surface area contributed by atoms with Gasteiger partial charge in [0, 0.05) is 0 Å². The first-order valence-electron chi connectivity index (χ1n) is 4.27. The lowest BCUT2D eigenvalue weighted by atomic mass is 10.1. The van der Waals surface area contributed by atoms with Gasteiger partial charge in [0.25, 0.3) is 10.4 Å².